The fraction of sp³-hybridized carbons (Fsp3) is 0.917. The second kappa shape index (κ2) is 5.53. The van der Waals surface area contributed by atoms with Gasteiger partial charge in [0.15, 0.2) is 0 Å². The van der Waals surface area contributed by atoms with Crippen LogP contribution in [0.2, 0.25) is 0 Å². The Hall–Kier alpha value is -0.770. The average molecular weight is 227 g/mol. The third kappa shape index (κ3) is 4.00. The van der Waals surface area contributed by atoms with Gasteiger partial charge in [0, 0.05) is 18.1 Å². The number of nitrogens with one attached hydrogen (secondary N) is 2. The van der Waals surface area contributed by atoms with Crippen LogP contribution in [0.25, 0.3) is 0 Å². The first-order valence-electron chi connectivity index (χ1n) is 6.23. The summed E-state index contributed by atoms with van der Waals surface area (Å²) in [5.74, 6) is 0. The van der Waals surface area contributed by atoms with E-state index in [1.165, 1.54) is 0 Å². The van der Waals surface area contributed by atoms with Crippen LogP contribution < -0.4 is 10.6 Å². The van der Waals surface area contributed by atoms with E-state index in [9.17, 15) is 4.79 Å². The molecule has 0 spiro atoms. The molecule has 0 aromatic heterocycles. The standard InChI is InChI=1S/C12H25N3O/c1-5-15(10-6-8-13-9-7-10)11(16)14-12(2,3)4/h10,13H,5-9H2,1-4H3,(H,14,16). The molecule has 4 nitrogen and oxygen atoms in total. The van der Waals surface area contributed by atoms with E-state index in [1.807, 2.05) is 32.6 Å². The molecular formula is C12H25N3O. The lowest BCUT2D eigenvalue weighted by atomic mass is 10.0. The highest BCUT2D eigenvalue weighted by atomic mass is 16.2. The summed E-state index contributed by atoms with van der Waals surface area (Å²) < 4.78 is 0. The molecule has 0 aromatic carbocycles. The molecule has 1 rings (SSSR count). The molecule has 1 aliphatic rings. The summed E-state index contributed by atoms with van der Waals surface area (Å²) >= 11 is 0. The molecule has 0 aliphatic carbocycles. The number of carbonyl (C=O) groups excluding carboxylic acids is 1. The third-order valence-electron chi connectivity index (χ3n) is 2.83. The van der Waals surface area contributed by atoms with Crippen LogP contribution in [0.3, 0.4) is 0 Å². The number of piperidine rings is 1. The minimum Gasteiger partial charge on any atom is -0.333 e. The smallest absolute Gasteiger partial charge is 0.318 e. The molecule has 0 unspecified atom stereocenters. The summed E-state index contributed by atoms with van der Waals surface area (Å²) in [5, 5.41) is 6.36. The lowest BCUT2D eigenvalue weighted by Gasteiger charge is -2.36. The monoisotopic (exact) mass is 227 g/mol. The van der Waals surface area contributed by atoms with Crippen molar-refractivity contribution in [1.29, 1.82) is 0 Å². The summed E-state index contributed by atoms with van der Waals surface area (Å²) in [7, 11) is 0. The van der Waals surface area contributed by atoms with Crippen LogP contribution in [0.15, 0.2) is 0 Å². The first kappa shape index (κ1) is 13.3. The van der Waals surface area contributed by atoms with Gasteiger partial charge >= 0.3 is 6.03 Å². The molecule has 0 saturated carbocycles. The van der Waals surface area contributed by atoms with Crippen molar-refractivity contribution in [2.45, 2.75) is 52.1 Å². The Bertz CT molecular complexity index is 229. The van der Waals surface area contributed by atoms with E-state index in [4.69, 9.17) is 0 Å². The molecule has 1 heterocycles. The van der Waals surface area contributed by atoms with Crippen molar-refractivity contribution in [3.63, 3.8) is 0 Å². The van der Waals surface area contributed by atoms with Crippen LogP contribution in [0, 0.1) is 0 Å². The summed E-state index contributed by atoms with van der Waals surface area (Å²) in [5.41, 5.74) is -0.155. The lowest BCUT2D eigenvalue weighted by Crippen LogP contribution is -2.53. The number of amides is 2. The van der Waals surface area contributed by atoms with Gasteiger partial charge in [0.25, 0.3) is 0 Å². The van der Waals surface area contributed by atoms with E-state index >= 15 is 0 Å². The summed E-state index contributed by atoms with van der Waals surface area (Å²) in [4.78, 5) is 14.0. The number of rotatable bonds is 2. The largest absolute Gasteiger partial charge is 0.333 e. The molecule has 0 bridgehead atoms. The van der Waals surface area contributed by atoms with Crippen molar-refractivity contribution in [3.8, 4) is 0 Å². The zero-order chi connectivity index (χ0) is 12.2. The van der Waals surface area contributed by atoms with E-state index in [0.29, 0.717) is 6.04 Å². The molecule has 1 fully saturated rings. The Morgan fingerprint density at radius 3 is 2.38 bits per heavy atom. The number of hydrogen-bond acceptors (Lipinski definition) is 2. The summed E-state index contributed by atoms with van der Waals surface area (Å²) in [6.45, 7) is 10.9. The highest BCUT2D eigenvalue weighted by Crippen LogP contribution is 2.12. The van der Waals surface area contributed by atoms with E-state index in [0.717, 1.165) is 32.5 Å². The molecule has 1 aliphatic heterocycles. The van der Waals surface area contributed by atoms with Crippen molar-refractivity contribution in [3.05, 3.63) is 0 Å². The highest BCUT2D eigenvalue weighted by Gasteiger charge is 2.26. The second-order valence-electron chi connectivity index (χ2n) is 5.45. The maximum atomic E-state index is 12.1. The molecule has 2 amide bonds. The van der Waals surface area contributed by atoms with Gasteiger partial charge in [0.1, 0.15) is 0 Å². The first-order valence-corrected chi connectivity index (χ1v) is 6.23. The molecular weight excluding hydrogens is 202 g/mol. The van der Waals surface area contributed by atoms with Gasteiger partial charge in [-0.05, 0) is 53.6 Å². The highest BCUT2D eigenvalue weighted by molar-refractivity contribution is 5.75. The Morgan fingerprint density at radius 2 is 1.94 bits per heavy atom. The number of carbonyl (C=O) groups is 1. The second-order valence-corrected chi connectivity index (χ2v) is 5.45. The summed E-state index contributed by atoms with van der Waals surface area (Å²) in [6.07, 6.45) is 2.12. The summed E-state index contributed by atoms with van der Waals surface area (Å²) in [6, 6.07) is 0.468. The van der Waals surface area contributed by atoms with Gasteiger partial charge in [-0.15, -0.1) is 0 Å². The van der Waals surface area contributed by atoms with Crippen LogP contribution in [0.4, 0.5) is 4.79 Å². The van der Waals surface area contributed by atoms with Crippen LogP contribution in [0.5, 0.6) is 0 Å². The van der Waals surface area contributed by atoms with Crippen LogP contribution in [-0.4, -0.2) is 42.1 Å². The predicted octanol–water partition coefficient (Wildman–Crippen LogP) is 1.57. The molecule has 4 heteroatoms. The Morgan fingerprint density at radius 1 is 1.38 bits per heavy atom. The molecule has 2 N–H and O–H groups in total. The molecule has 0 aromatic rings. The first-order chi connectivity index (χ1) is 7.44. The fourth-order valence-corrected chi connectivity index (χ4v) is 2.08. The van der Waals surface area contributed by atoms with E-state index in [1.54, 1.807) is 0 Å². The SMILES string of the molecule is CCN(C(=O)NC(C)(C)C)C1CCNCC1. The molecule has 0 atom stereocenters. The maximum absolute atomic E-state index is 12.1. The van der Waals surface area contributed by atoms with Crippen molar-refractivity contribution in [2.24, 2.45) is 0 Å². The number of nitrogens with zero attached hydrogens (tertiary/aromatic N) is 1. The lowest BCUT2D eigenvalue weighted by molar-refractivity contribution is 0.155. The zero-order valence-corrected chi connectivity index (χ0v) is 11.0. The molecule has 94 valence electrons. The van der Waals surface area contributed by atoms with Gasteiger partial charge < -0.3 is 15.5 Å². The van der Waals surface area contributed by atoms with E-state index < -0.39 is 0 Å². The van der Waals surface area contributed by atoms with Gasteiger partial charge in [-0.3, -0.25) is 0 Å². The van der Waals surface area contributed by atoms with E-state index in [2.05, 4.69) is 10.6 Å². The van der Waals surface area contributed by atoms with E-state index in [-0.39, 0.29) is 11.6 Å². The average Bonchev–Trinajstić information content (AvgIpc) is 2.17. The van der Waals surface area contributed by atoms with Gasteiger partial charge in [0.2, 0.25) is 0 Å². The van der Waals surface area contributed by atoms with Gasteiger partial charge in [0.05, 0.1) is 0 Å². The maximum Gasteiger partial charge on any atom is 0.318 e. The van der Waals surface area contributed by atoms with Crippen molar-refractivity contribution in [2.75, 3.05) is 19.6 Å². The molecule has 16 heavy (non-hydrogen) atoms. The Labute approximate surface area is 98.8 Å². The van der Waals surface area contributed by atoms with Crippen LogP contribution in [0.1, 0.15) is 40.5 Å². The van der Waals surface area contributed by atoms with Gasteiger partial charge in [-0.1, -0.05) is 0 Å². The third-order valence-corrected chi connectivity index (χ3v) is 2.83. The Balaban J connectivity index is 2.55. The fourth-order valence-electron chi connectivity index (χ4n) is 2.08. The zero-order valence-electron chi connectivity index (χ0n) is 11.0. The minimum absolute atomic E-state index is 0.0712. The number of urea groups is 1. The number of hydrogen-bond donors (Lipinski definition) is 2. The van der Waals surface area contributed by atoms with Crippen molar-refractivity contribution < 1.29 is 4.79 Å². The molecule has 1 saturated heterocycles. The van der Waals surface area contributed by atoms with Crippen LogP contribution >= 0.6 is 0 Å². The van der Waals surface area contributed by atoms with Gasteiger partial charge in [-0.25, -0.2) is 4.79 Å². The predicted molar refractivity (Wildman–Crippen MR) is 66.6 cm³/mol. The van der Waals surface area contributed by atoms with Crippen molar-refractivity contribution in [1.82, 2.24) is 15.5 Å². The minimum atomic E-state index is -0.155. The van der Waals surface area contributed by atoms with Crippen molar-refractivity contribution >= 4 is 6.03 Å². The topological polar surface area (TPSA) is 44.4 Å². The quantitative estimate of drug-likeness (QED) is 0.752. The normalized spacial score (nSPS) is 18.2. The van der Waals surface area contributed by atoms with Crippen LogP contribution in [-0.2, 0) is 0 Å². The Kier molecular flexibility index (Phi) is 4.59. The van der Waals surface area contributed by atoms with Gasteiger partial charge in [-0.2, -0.15) is 0 Å². The molecule has 0 radical (unpaired) electrons.